The third-order valence-electron chi connectivity index (χ3n) is 3.00. The summed E-state index contributed by atoms with van der Waals surface area (Å²) in [7, 11) is 3.92. The molecule has 0 saturated heterocycles. The van der Waals surface area contributed by atoms with Crippen LogP contribution in [0.3, 0.4) is 0 Å². The van der Waals surface area contributed by atoms with Gasteiger partial charge in [-0.15, -0.1) is 0 Å². The van der Waals surface area contributed by atoms with Gasteiger partial charge in [0.15, 0.2) is 0 Å². The third-order valence-corrected chi connectivity index (χ3v) is 3.24. The Balaban J connectivity index is 2.01. The summed E-state index contributed by atoms with van der Waals surface area (Å²) in [6.07, 6.45) is 3.85. The highest BCUT2D eigenvalue weighted by molar-refractivity contribution is 6.30. The third kappa shape index (κ3) is 3.59. The molecule has 1 unspecified atom stereocenters. The number of likely N-dealkylation sites (N-methyl/N-ethyl adjacent to an activating group) is 1. The summed E-state index contributed by atoms with van der Waals surface area (Å²) in [5.41, 5.74) is 2.36. The van der Waals surface area contributed by atoms with Gasteiger partial charge in [-0.3, -0.25) is 4.68 Å². The Bertz CT molecular complexity index is 507. The zero-order valence-corrected chi connectivity index (χ0v) is 11.5. The molecule has 0 saturated carbocycles. The zero-order valence-electron chi connectivity index (χ0n) is 10.7. The van der Waals surface area contributed by atoms with Gasteiger partial charge in [0.2, 0.25) is 0 Å². The van der Waals surface area contributed by atoms with Gasteiger partial charge in [0.05, 0.1) is 5.69 Å². The number of halogens is 1. The van der Waals surface area contributed by atoms with Crippen molar-refractivity contribution in [3.63, 3.8) is 0 Å². The number of hydrogen-bond acceptors (Lipinski definition) is 2. The van der Waals surface area contributed by atoms with E-state index in [1.54, 1.807) is 0 Å². The minimum Gasteiger partial charge on any atom is -0.316 e. The van der Waals surface area contributed by atoms with Crippen LogP contribution in [0, 0.1) is 0 Å². The van der Waals surface area contributed by atoms with Crippen LogP contribution in [0.25, 0.3) is 0 Å². The number of rotatable bonds is 5. The lowest BCUT2D eigenvalue weighted by atomic mass is 10.0. The fraction of sp³-hybridized carbons (Fsp3) is 0.357. The van der Waals surface area contributed by atoms with E-state index in [-0.39, 0.29) is 0 Å². The molecule has 1 heterocycles. The van der Waals surface area contributed by atoms with Gasteiger partial charge in [0.25, 0.3) is 0 Å². The van der Waals surface area contributed by atoms with Gasteiger partial charge in [-0.2, -0.15) is 5.10 Å². The summed E-state index contributed by atoms with van der Waals surface area (Å²) in [5, 5.41) is 8.54. The summed E-state index contributed by atoms with van der Waals surface area (Å²) >= 11 is 6.00. The first-order valence-electron chi connectivity index (χ1n) is 6.07. The van der Waals surface area contributed by atoms with Crippen molar-refractivity contribution in [2.45, 2.75) is 18.9 Å². The van der Waals surface area contributed by atoms with E-state index in [1.807, 2.05) is 43.2 Å². The molecule has 0 fully saturated rings. The topological polar surface area (TPSA) is 29.9 Å². The van der Waals surface area contributed by atoms with Crippen LogP contribution in [0.2, 0.25) is 5.02 Å². The number of aryl methyl sites for hydroxylation is 1. The van der Waals surface area contributed by atoms with Crippen LogP contribution in [0.5, 0.6) is 0 Å². The first-order valence-corrected chi connectivity index (χ1v) is 6.45. The molecule has 0 bridgehead atoms. The van der Waals surface area contributed by atoms with Gasteiger partial charge in [-0.1, -0.05) is 23.7 Å². The fourth-order valence-corrected chi connectivity index (χ4v) is 2.26. The van der Waals surface area contributed by atoms with E-state index in [1.165, 1.54) is 5.56 Å². The Kier molecular flexibility index (Phi) is 4.39. The molecule has 2 rings (SSSR count). The molecule has 3 nitrogen and oxygen atoms in total. The monoisotopic (exact) mass is 263 g/mol. The average Bonchev–Trinajstić information content (AvgIpc) is 2.74. The lowest BCUT2D eigenvalue weighted by Crippen LogP contribution is -2.30. The number of nitrogens with zero attached hydrogens (tertiary/aromatic N) is 2. The van der Waals surface area contributed by atoms with Crippen molar-refractivity contribution < 1.29 is 0 Å². The lowest BCUT2D eigenvalue weighted by molar-refractivity contribution is 0.545. The maximum atomic E-state index is 6.00. The Hall–Kier alpha value is -1.32. The average molecular weight is 264 g/mol. The first-order chi connectivity index (χ1) is 8.67. The molecule has 0 amide bonds. The van der Waals surface area contributed by atoms with Crippen LogP contribution in [0.1, 0.15) is 11.3 Å². The molecule has 0 aliphatic heterocycles. The van der Waals surface area contributed by atoms with Gasteiger partial charge in [-0.05, 0) is 37.2 Å². The normalized spacial score (nSPS) is 12.6. The highest BCUT2D eigenvalue weighted by atomic mass is 35.5. The summed E-state index contributed by atoms with van der Waals surface area (Å²) in [6.45, 7) is 0. The second-order valence-corrected chi connectivity index (χ2v) is 4.94. The van der Waals surface area contributed by atoms with Gasteiger partial charge < -0.3 is 5.32 Å². The van der Waals surface area contributed by atoms with Crippen molar-refractivity contribution >= 4 is 11.6 Å². The number of benzene rings is 1. The van der Waals surface area contributed by atoms with Crippen molar-refractivity contribution in [2.24, 2.45) is 7.05 Å². The van der Waals surface area contributed by atoms with Crippen LogP contribution in [-0.4, -0.2) is 22.9 Å². The summed E-state index contributed by atoms with van der Waals surface area (Å²) in [4.78, 5) is 0. The SMILES string of the molecule is CNC(Cc1cccc(Cl)c1)Cc1ccn(C)n1. The van der Waals surface area contributed by atoms with Crippen LogP contribution < -0.4 is 5.32 Å². The molecule has 0 spiro atoms. The second kappa shape index (κ2) is 6.03. The van der Waals surface area contributed by atoms with Crippen LogP contribution in [-0.2, 0) is 19.9 Å². The molecule has 18 heavy (non-hydrogen) atoms. The minimum absolute atomic E-state index is 0.373. The van der Waals surface area contributed by atoms with E-state index >= 15 is 0 Å². The Labute approximate surface area is 113 Å². The van der Waals surface area contributed by atoms with Gasteiger partial charge >= 0.3 is 0 Å². The van der Waals surface area contributed by atoms with Crippen molar-refractivity contribution in [3.8, 4) is 0 Å². The van der Waals surface area contributed by atoms with E-state index in [9.17, 15) is 0 Å². The Morgan fingerprint density at radius 1 is 1.33 bits per heavy atom. The molecule has 2 aromatic rings. The van der Waals surface area contributed by atoms with Gasteiger partial charge in [0, 0.05) is 30.7 Å². The van der Waals surface area contributed by atoms with Crippen LogP contribution in [0.4, 0.5) is 0 Å². The van der Waals surface area contributed by atoms with Crippen molar-refractivity contribution in [1.82, 2.24) is 15.1 Å². The van der Waals surface area contributed by atoms with E-state index in [0.717, 1.165) is 23.6 Å². The van der Waals surface area contributed by atoms with Crippen molar-refractivity contribution in [2.75, 3.05) is 7.05 Å². The van der Waals surface area contributed by atoms with Crippen molar-refractivity contribution in [1.29, 1.82) is 0 Å². The molecule has 1 aromatic heterocycles. The Morgan fingerprint density at radius 2 is 2.17 bits per heavy atom. The van der Waals surface area contributed by atoms with Gasteiger partial charge in [0.1, 0.15) is 0 Å². The molecule has 96 valence electrons. The molecule has 1 aromatic carbocycles. The molecule has 1 atom stereocenters. The first kappa shape index (κ1) is 13.1. The van der Waals surface area contributed by atoms with Gasteiger partial charge in [-0.25, -0.2) is 0 Å². The smallest absolute Gasteiger partial charge is 0.0640 e. The van der Waals surface area contributed by atoms with Crippen LogP contribution >= 0.6 is 11.6 Å². The second-order valence-electron chi connectivity index (χ2n) is 4.50. The van der Waals surface area contributed by atoms with E-state index in [2.05, 4.69) is 22.5 Å². The highest BCUT2D eigenvalue weighted by Gasteiger charge is 2.10. The largest absolute Gasteiger partial charge is 0.316 e. The predicted molar refractivity (Wildman–Crippen MR) is 74.9 cm³/mol. The molecular weight excluding hydrogens is 246 g/mol. The highest BCUT2D eigenvalue weighted by Crippen LogP contribution is 2.13. The molecule has 1 N–H and O–H groups in total. The van der Waals surface area contributed by atoms with Crippen molar-refractivity contribution in [3.05, 3.63) is 52.8 Å². The van der Waals surface area contributed by atoms with E-state index in [0.29, 0.717) is 6.04 Å². The predicted octanol–water partition coefficient (Wildman–Crippen LogP) is 2.45. The minimum atomic E-state index is 0.373. The summed E-state index contributed by atoms with van der Waals surface area (Å²) < 4.78 is 1.83. The fourth-order valence-electron chi connectivity index (χ4n) is 2.05. The molecular formula is C14H18ClN3. The van der Waals surface area contributed by atoms with E-state index in [4.69, 9.17) is 11.6 Å². The molecule has 4 heteroatoms. The van der Waals surface area contributed by atoms with Crippen LogP contribution in [0.15, 0.2) is 36.5 Å². The maximum absolute atomic E-state index is 6.00. The maximum Gasteiger partial charge on any atom is 0.0640 e. The molecule has 0 aliphatic rings. The zero-order chi connectivity index (χ0) is 13.0. The number of aromatic nitrogens is 2. The number of nitrogens with one attached hydrogen (secondary N) is 1. The van der Waals surface area contributed by atoms with E-state index < -0.39 is 0 Å². The quantitative estimate of drug-likeness (QED) is 0.898. The standard InChI is InChI=1S/C14H18ClN3/c1-16-14(10-13-6-7-18(2)17-13)9-11-4-3-5-12(15)8-11/h3-8,14,16H,9-10H2,1-2H3. The molecule has 0 radical (unpaired) electrons. The number of hydrogen-bond donors (Lipinski definition) is 1. The summed E-state index contributed by atoms with van der Waals surface area (Å²) in [5.74, 6) is 0. The Morgan fingerprint density at radius 3 is 2.78 bits per heavy atom. The lowest BCUT2D eigenvalue weighted by Gasteiger charge is -2.15. The summed E-state index contributed by atoms with van der Waals surface area (Å²) in [6, 6.07) is 10.4. The molecule has 0 aliphatic carbocycles.